The van der Waals surface area contributed by atoms with Gasteiger partial charge in [0.05, 0.1) is 19.4 Å². The molecule has 2 aliphatic heterocycles. The number of carbonyl (C=O) groups excluding carboxylic acids is 2. The van der Waals surface area contributed by atoms with Gasteiger partial charge in [0.2, 0.25) is 5.91 Å². The molecule has 2 heterocycles. The molecule has 176 valence electrons. The van der Waals surface area contributed by atoms with E-state index in [0.717, 1.165) is 25.4 Å². The number of ether oxygens (including phenoxy) is 2. The molecule has 1 unspecified atom stereocenters. The Labute approximate surface area is 194 Å². The topological polar surface area (TPSA) is 59.1 Å². The molecule has 2 saturated heterocycles. The molecule has 0 aromatic heterocycles. The van der Waals surface area contributed by atoms with Crippen molar-refractivity contribution in [3.8, 4) is 5.75 Å². The van der Waals surface area contributed by atoms with Crippen LogP contribution in [-0.4, -0.2) is 55.0 Å². The van der Waals surface area contributed by atoms with E-state index < -0.39 is 23.7 Å². The second-order valence-corrected chi connectivity index (χ2v) is 9.14. The normalized spacial score (nSPS) is 21.7. The van der Waals surface area contributed by atoms with Crippen LogP contribution in [-0.2, 0) is 26.5 Å². The summed E-state index contributed by atoms with van der Waals surface area (Å²) >= 11 is 0. The molecule has 2 aromatic carbocycles. The van der Waals surface area contributed by atoms with Crippen LogP contribution in [0.25, 0.3) is 0 Å². The fourth-order valence-electron chi connectivity index (χ4n) is 4.32. The van der Waals surface area contributed by atoms with Crippen LogP contribution >= 0.6 is 9.24 Å². The summed E-state index contributed by atoms with van der Waals surface area (Å²) in [5.74, 6) is -0.408. The van der Waals surface area contributed by atoms with Crippen LogP contribution in [0.4, 0.5) is 8.78 Å². The number of piperazine rings is 1. The molecule has 4 rings (SSSR count). The molecule has 0 spiro atoms. The van der Waals surface area contributed by atoms with Crippen molar-refractivity contribution in [3.05, 3.63) is 65.2 Å². The van der Waals surface area contributed by atoms with Crippen LogP contribution in [0.5, 0.6) is 5.75 Å². The molecule has 1 amide bonds. The maximum atomic E-state index is 13.5. The highest BCUT2D eigenvalue weighted by Gasteiger charge is 2.43. The van der Waals surface area contributed by atoms with Crippen LogP contribution in [0, 0.1) is 5.92 Å². The molecule has 0 aliphatic carbocycles. The zero-order chi connectivity index (χ0) is 23.6. The zero-order valence-corrected chi connectivity index (χ0v) is 19.5. The average molecular weight is 476 g/mol. The smallest absolute Gasteiger partial charge is 0.307 e. The number of hydrogen-bond donors (Lipinski definition) is 0. The Balaban J connectivity index is 1.37. The Morgan fingerprint density at radius 3 is 2.30 bits per heavy atom. The Hall–Kier alpha value is -2.57. The molecule has 9 heteroatoms. The summed E-state index contributed by atoms with van der Waals surface area (Å²) in [7, 11) is 3.14. The molecule has 33 heavy (non-hydrogen) atoms. The summed E-state index contributed by atoms with van der Waals surface area (Å²) < 4.78 is 37.6. The highest BCUT2D eigenvalue weighted by molar-refractivity contribution is 7.17. The van der Waals surface area contributed by atoms with Gasteiger partial charge in [0.15, 0.2) is 0 Å². The number of alkyl halides is 2. The predicted molar refractivity (Wildman–Crippen MR) is 122 cm³/mol. The van der Waals surface area contributed by atoms with E-state index in [9.17, 15) is 18.4 Å². The number of rotatable bonds is 6. The van der Waals surface area contributed by atoms with Crippen LogP contribution in [0.1, 0.15) is 29.2 Å². The number of methoxy groups -OCH3 is 1. The van der Waals surface area contributed by atoms with E-state index in [-0.39, 0.29) is 17.9 Å². The van der Waals surface area contributed by atoms with E-state index in [1.54, 1.807) is 12.0 Å². The highest BCUT2D eigenvalue weighted by atomic mass is 31.0. The Bertz CT molecular complexity index is 987. The van der Waals surface area contributed by atoms with Crippen molar-refractivity contribution >= 4 is 21.1 Å². The van der Waals surface area contributed by atoms with Gasteiger partial charge in [-0.2, -0.15) is 8.78 Å². The molecule has 0 saturated carbocycles. The Kier molecular flexibility index (Phi) is 6.96. The number of halogens is 2. The summed E-state index contributed by atoms with van der Waals surface area (Å²) in [6.45, 7) is 3.35. The van der Waals surface area contributed by atoms with E-state index in [1.807, 2.05) is 24.3 Å². The van der Waals surface area contributed by atoms with Crippen molar-refractivity contribution < 1.29 is 27.8 Å². The summed E-state index contributed by atoms with van der Waals surface area (Å²) in [4.78, 5) is 29.3. The molecule has 2 fully saturated rings. The number of nitrogens with zero attached hydrogens (tertiary/aromatic N) is 2. The molecule has 2 aromatic rings. The summed E-state index contributed by atoms with van der Waals surface area (Å²) in [5, 5.41) is 0. The lowest BCUT2D eigenvalue weighted by atomic mass is 9.93. The quantitative estimate of drug-likeness (QED) is 0.472. The summed E-state index contributed by atoms with van der Waals surface area (Å²) in [5.41, 5.74) is -1.47. The van der Waals surface area contributed by atoms with Crippen molar-refractivity contribution in [2.45, 2.75) is 24.7 Å². The van der Waals surface area contributed by atoms with Gasteiger partial charge < -0.3 is 14.4 Å². The molecule has 0 bridgehead atoms. The molecule has 0 radical (unpaired) electrons. The maximum Gasteiger partial charge on any atom is 0.307 e. The molecular weight excluding hydrogens is 449 g/mol. The van der Waals surface area contributed by atoms with Gasteiger partial charge in [-0.05, 0) is 23.3 Å². The van der Waals surface area contributed by atoms with Gasteiger partial charge in [0.25, 0.3) is 5.66 Å². The molecular formula is C24H27F2N2O4P. The van der Waals surface area contributed by atoms with Gasteiger partial charge in [-0.3, -0.25) is 14.5 Å². The average Bonchev–Trinajstić information content (AvgIpc) is 3.21. The first-order valence-corrected chi connectivity index (χ1v) is 11.4. The second kappa shape index (κ2) is 9.74. The lowest BCUT2D eigenvalue weighted by molar-refractivity contribution is -0.142. The predicted octanol–water partition coefficient (Wildman–Crippen LogP) is 3.57. The number of carbonyl (C=O) groups is 2. The minimum atomic E-state index is -3.04. The van der Waals surface area contributed by atoms with E-state index in [0.29, 0.717) is 18.7 Å². The minimum absolute atomic E-state index is 0.00287. The van der Waals surface area contributed by atoms with Gasteiger partial charge >= 0.3 is 5.97 Å². The van der Waals surface area contributed by atoms with Gasteiger partial charge in [0, 0.05) is 38.3 Å². The SMILES string of the molecule is COc1ccc(CN2CCN(C(=O)[C@@H]3CC(=O)O[C@H]3c3ccc(C(F)(F)P)cc3)CC2)cc1. The maximum absolute atomic E-state index is 13.5. The Morgan fingerprint density at radius 1 is 1.09 bits per heavy atom. The first kappa shape index (κ1) is 23.6. The summed E-state index contributed by atoms with van der Waals surface area (Å²) in [6.07, 6.45) is -0.758. The fourth-order valence-corrected chi connectivity index (χ4v) is 4.51. The van der Waals surface area contributed by atoms with E-state index in [1.165, 1.54) is 39.1 Å². The van der Waals surface area contributed by atoms with Crippen molar-refractivity contribution in [1.29, 1.82) is 0 Å². The number of cyclic esters (lactones) is 1. The lowest BCUT2D eigenvalue weighted by Gasteiger charge is -2.36. The van der Waals surface area contributed by atoms with Crippen molar-refractivity contribution in [1.82, 2.24) is 9.80 Å². The van der Waals surface area contributed by atoms with Crippen molar-refractivity contribution in [2.75, 3.05) is 33.3 Å². The molecule has 0 N–H and O–H groups in total. The van der Waals surface area contributed by atoms with E-state index in [2.05, 4.69) is 4.90 Å². The highest BCUT2D eigenvalue weighted by Crippen LogP contribution is 2.39. The third kappa shape index (κ3) is 5.50. The van der Waals surface area contributed by atoms with Crippen molar-refractivity contribution in [2.24, 2.45) is 5.92 Å². The molecule has 3 atom stereocenters. The fraction of sp³-hybridized carbons (Fsp3) is 0.417. The van der Waals surface area contributed by atoms with Crippen molar-refractivity contribution in [3.63, 3.8) is 0 Å². The largest absolute Gasteiger partial charge is 0.497 e. The first-order chi connectivity index (χ1) is 15.7. The minimum Gasteiger partial charge on any atom is -0.497 e. The van der Waals surface area contributed by atoms with Gasteiger partial charge in [0.1, 0.15) is 11.9 Å². The van der Waals surface area contributed by atoms with E-state index in [4.69, 9.17) is 9.47 Å². The molecule has 6 nitrogen and oxygen atoms in total. The number of amides is 1. The van der Waals surface area contributed by atoms with Gasteiger partial charge in [-0.15, -0.1) is 0 Å². The van der Waals surface area contributed by atoms with E-state index >= 15 is 0 Å². The molecule has 2 aliphatic rings. The number of benzene rings is 2. The third-order valence-electron chi connectivity index (χ3n) is 6.20. The zero-order valence-electron chi connectivity index (χ0n) is 18.4. The van der Waals surface area contributed by atoms with Crippen LogP contribution in [0.15, 0.2) is 48.5 Å². The number of hydrogen-bond acceptors (Lipinski definition) is 5. The van der Waals surface area contributed by atoms with Gasteiger partial charge in [-0.1, -0.05) is 45.6 Å². The van der Waals surface area contributed by atoms with Crippen LogP contribution in [0.3, 0.4) is 0 Å². The monoisotopic (exact) mass is 476 g/mol. The standard InChI is InChI=1S/C24H27F2N2O4P/c1-31-19-8-2-16(3-9-19)15-27-10-12-28(13-11-27)23(30)20-14-21(29)32-22(20)17-4-6-18(7-5-17)24(25,26)33/h2-9,20,22H,10-15,33H2,1H3/t20-,22+/m1/s1. The van der Waals surface area contributed by atoms with Crippen LogP contribution in [0.2, 0.25) is 0 Å². The van der Waals surface area contributed by atoms with Crippen LogP contribution < -0.4 is 4.74 Å². The number of esters is 1. The first-order valence-electron chi connectivity index (χ1n) is 10.9. The summed E-state index contributed by atoms with van der Waals surface area (Å²) in [6, 6.07) is 13.5. The lowest BCUT2D eigenvalue weighted by Crippen LogP contribution is -2.50. The third-order valence-corrected chi connectivity index (χ3v) is 6.53. The van der Waals surface area contributed by atoms with Gasteiger partial charge in [-0.25, -0.2) is 0 Å². The Morgan fingerprint density at radius 2 is 1.73 bits per heavy atom. The second-order valence-electron chi connectivity index (χ2n) is 8.42.